The molecule has 0 saturated carbocycles. The quantitative estimate of drug-likeness (QED) is 0.186. The Labute approximate surface area is 200 Å². The van der Waals surface area contributed by atoms with E-state index < -0.39 is 0 Å². The van der Waals surface area contributed by atoms with Gasteiger partial charge in [0.15, 0.2) is 16.7 Å². The van der Waals surface area contributed by atoms with Gasteiger partial charge in [-0.15, -0.1) is 46.7 Å². The number of hydrogen-bond acceptors (Lipinski definition) is 6. The number of fused-ring (bicyclic) bond motifs is 1. The van der Waals surface area contributed by atoms with Gasteiger partial charge in [-0.3, -0.25) is 0 Å². The summed E-state index contributed by atoms with van der Waals surface area (Å²) in [7, 11) is 0. The number of nitrogens with one attached hydrogen (secondary N) is 2. The van der Waals surface area contributed by atoms with Crippen LogP contribution < -0.4 is 10.6 Å². The Balaban J connectivity index is 0.00000256. The second kappa shape index (κ2) is 10.9. The van der Waals surface area contributed by atoms with Crippen LogP contribution in [0.15, 0.2) is 51.2 Å². The highest BCUT2D eigenvalue weighted by atomic mass is 127. The largest absolute Gasteiger partial charge is 0.457 e. The number of thiazole rings is 2. The fraction of sp³-hybridized carbons (Fsp3) is 0.286. The zero-order chi connectivity index (χ0) is 20.1. The van der Waals surface area contributed by atoms with Crippen molar-refractivity contribution in [3.05, 3.63) is 58.2 Å². The molecular formula is C21H24IN5OS2. The number of para-hydroxylation sites is 1. The molecule has 1 aromatic carbocycles. The van der Waals surface area contributed by atoms with Crippen molar-refractivity contribution >= 4 is 62.8 Å². The van der Waals surface area contributed by atoms with Gasteiger partial charge in [0.25, 0.3) is 0 Å². The molecule has 3 heterocycles. The fourth-order valence-corrected chi connectivity index (χ4v) is 4.46. The minimum atomic E-state index is 0. The molecule has 9 heteroatoms. The fourth-order valence-electron chi connectivity index (χ4n) is 2.89. The van der Waals surface area contributed by atoms with Crippen LogP contribution in [-0.2, 0) is 13.0 Å². The highest BCUT2D eigenvalue weighted by Crippen LogP contribution is 2.31. The van der Waals surface area contributed by atoms with Gasteiger partial charge < -0.3 is 15.1 Å². The molecule has 0 unspecified atom stereocenters. The molecule has 0 aliphatic carbocycles. The minimum absolute atomic E-state index is 0. The van der Waals surface area contributed by atoms with Crippen LogP contribution in [0.3, 0.4) is 0 Å². The second-order valence-corrected chi connectivity index (χ2v) is 8.58. The molecule has 0 aliphatic heterocycles. The maximum Gasteiger partial charge on any atom is 0.191 e. The van der Waals surface area contributed by atoms with Crippen LogP contribution >= 0.6 is 46.7 Å². The molecule has 4 rings (SSSR count). The molecule has 3 aromatic heterocycles. The summed E-state index contributed by atoms with van der Waals surface area (Å²) in [6, 6.07) is 12.0. The monoisotopic (exact) mass is 553 g/mol. The third-order valence-electron chi connectivity index (χ3n) is 4.24. The zero-order valence-electron chi connectivity index (χ0n) is 16.8. The Hall–Kier alpha value is -1.98. The molecule has 0 aliphatic rings. The van der Waals surface area contributed by atoms with E-state index in [9.17, 15) is 0 Å². The molecule has 4 aromatic rings. The van der Waals surface area contributed by atoms with E-state index in [2.05, 4.69) is 44.0 Å². The normalized spacial score (nSPS) is 11.5. The standard InChI is InChI=1S/C21H23N5OS2.HI/c1-3-22-21(23-11-10-15-13-28-14(2)25-15)24-12-16-8-9-18(27-16)20-26-17-6-4-5-7-19(17)29-20;/h4-9,13H,3,10-12H2,1-2H3,(H2,22,23,24);1H. The Morgan fingerprint density at radius 3 is 2.77 bits per heavy atom. The molecule has 2 N–H and O–H groups in total. The van der Waals surface area contributed by atoms with Gasteiger partial charge in [0.1, 0.15) is 12.3 Å². The molecule has 158 valence electrons. The van der Waals surface area contributed by atoms with Crippen molar-refractivity contribution in [3.63, 3.8) is 0 Å². The molecule has 0 atom stereocenters. The number of benzene rings is 1. The van der Waals surface area contributed by atoms with Crippen molar-refractivity contribution in [2.75, 3.05) is 13.1 Å². The van der Waals surface area contributed by atoms with E-state index in [-0.39, 0.29) is 24.0 Å². The zero-order valence-corrected chi connectivity index (χ0v) is 20.8. The van der Waals surface area contributed by atoms with Gasteiger partial charge in [-0.25, -0.2) is 15.0 Å². The van der Waals surface area contributed by atoms with Crippen molar-refractivity contribution in [2.45, 2.75) is 26.8 Å². The summed E-state index contributed by atoms with van der Waals surface area (Å²) in [5.74, 6) is 2.37. The first-order valence-electron chi connectivity index (χ1n) is 9.59. The third kappa shape index (κ3) is 5.79. The van der Waals surface area contributed by atoms with E-state index in [0.717, 1.165) is 62.9 Å². The third-order valence-corrected chi connectivity index (χ3v) is 6.12. The van der Waals surface area contributed by atoms with Crippen LogP contribution in [0.2, 0.25) is 0 Å². The summed E-state index contributed by atoms with van der Waals surface area (Å²) in [6.45, 7) is 6.13. The first-order valence-corrected chi connectivity index (χ1v) is 11.3. The molecule has 0 fully saturated rings. The number of hydrogen-bond donors (Lipinski definition) is 2. The van der Waals surface area contributed by atoms with E-state index >= 15 is 0 Å². The van der Waals surface area contributed by atoms with Crippen molar-refractivity contribution in [1.82, 2.24) is 20.6 Å². The first kappa shape index (κ1) is 22.7. The lowest BCUT2D eigenvalue weighted by Gasteiger charge is -2.10. The van der Waals surface area contributed by atoms with E-state index in [0.29, 0.717) is 6.54 Å². The Kier molecular flexibility index (Phi) is 8.23. The molecule has 0 saturated heterocycles. The van der Waals surface area contributed by atoms with Gasteiger partial charge in [0, 0.05) is 24.9 Å². The molecule has 6 nitrogen and oxygen atoms in total. The van der Waals surface area contributed by atoms with Gasteiger partial charge in [-0.2, -0.15) is 0 Å². The van der Waals surface area contributed by atoms with Crippen molar-refractivity contribution in [3.8, 4) is 10.8 Å². The number of halogens is 1. The molecule has 30 heavy (non-hydrogen) atoms. The number of aliphatic imine (C=N–C) groups is 1. The molecule has 0 amide bonds. The van der Waals surface area contributed by atoms with Gasteiger partial charge in [-0.05, 0) is 38.1 Å². The summed E-state index contributed by atoms with van der Waals surface area (Å²) >= 11 is 3.32. The SMILES string of the molecule is CCNC(=NCc1ccc(-c2nc3ccccc3s2)o1)NCCc1csc(C)n1.I. The lowest BCUT2D eigenvalue weighted by Crippen LogP contribution is -2.38. The Bertz CT molecular complexity index is 1080. The summed E-state index contributed by atoms with van der Waals surface area (Å²) < 4.78 is 7.14. The van der Waals surface area contributed by atoms with Crippen molar-refractivity contribution < 1.29 is 4.42 Å². The first-order chi connectivity index (χ1) is 14.2. The maximum absolute atomic E-state index is 5.98. The average Bonchev–Trinajstić information content (AvgIpc) is 3.45. The van der Waals surface area contributed by atoms with Gasteiger partial charge in [-0.1, -0.05) is 12.1 Å². The van der Waals surface area contributed by atoms with Crippen molar-refractivity contribution in [1.29, 1.82) is 0 Å². The Morgan fingerprint density at radius 2 is 2.00 bits per heavy atom. The summed E-state index contributed by atoms with van der Waals surface area (Å²) in [6.07, 6.45) is 0.872. The van der Waals surface area contributed by atoms with Crippen LogP contribution in [0.4, 0.5) is 0 Å². The van der Waals surface area contributed by atoms with Crippen molar-refractivity contribution in [2.24, 2.45) is 4.99 Å². The van der Waals surface area contributed by atoms with E-state index in [1.807, 2.05) is 37.3 Å². The lowest BCUT2D eigenvalue weighted by atomic mass is 10.3. The van der Waals surface area contributed by atoms with Crippen LogP contribution in [0, 0.1) is 6.92 Å². The predicted octanol–water partition coefficient (Wildman–Crippen LogP) is 5.24. The molecular weight excluding hydrogens is 529 g/mol. The average molecular weight is 553 g/mol. The molecule has 0 bridgehead atoms. The maximum atomic E-state index is 5.98. The predicted molar refractivity (Wildman–Crippen MR) is 136 cm³/mol. The van der Waals surface area contributed by atoms with Gasteiger partial charge >= 0.3 is 0 Å². The van der Waals surface area contributed by atoms with E-state index in [1.165, 1.54) is 0 Å². The van der Waals surface area contributed by atoms with Gasteiger partial charge in [0.2, 0.25) is 0 Å². The number of rotatable bonds is 7. The van der Waals surface area contributed by atoms with Crippen LogP contribution in [0.1, 0.15) is 23.4 Å². The number of nitrogens with zero attached hydrogens (tertiary/aromatic N) is 3. The van der Waals surface area contributed by atoms with Crippen LogP contribution in [0.25, 0.3) is 21.0 Å². The van der Waals surface area contributed by atoms with E-state index in [4.69, 9.17) is 4.42 Å². The highest BCUT2D eigenvalue weighted by molar-refractivity contribution is 14.0. The van der Waals surface area contributed by atoms with Gasteiger partial charge in [0.05, 0.1) is 20.9 Å². The molecule has 0 radical (unpaired) electrons. The van der Waals surface area contributed by atoms with Crippen LogP contribution in [-0.4, -0.2) is 29.0 Å². The second-order valence-electron chi connectivity index (χ2n) is 6.48. The number of aryl methyl sites for hydroxylation is 1. The number of furan rings is 1. The van der Waals surface area contributed by atoms with Crippen LogP contribution in [0.5, 0.6) is 0 Å². The van der Waals surface area contributed by atoms with E-state index in [1.54, 1.807) is 22.7 Å². The highest BCUT2D eigenvalue weighted by Gasteiger charge is 2.10. The minimum Gasteiger partial charge on any atom is -0.457 e. The summed E-state index contributed by atoms with van der Waals surface area (Å²) in [4.78, 5) is 13.8. The number of aromatic nitrogens is 2. The lowest BCUT2D eigenvalue weighted by molar-refractivity contribution is 0.524. The molecule has 0 spiro atoms. The summed E-state index contributed by atoms with van der Waals surface area (Å²) in [5, 5.41) is 10.7. The topological polar surface area (TPSA) is 75.3 Å². The number of guanidine groups is 1. The smallest absolute Gasteiger partial charge is 0.191 e. The Morgan fingerprint density at radius 1 is 1.13 bits per heavy atom. The summed E-state index contributed by atoms with van der Waals surface area (Å²) in [5.41, 5.74) is 2.11.